The molecule has 1 heteroatoms. The Kier molecular flexibility index (Phi) is 3.51. The molecule has 5 aromatic carbocycles. The van der Waals surface area contributed by atoms with E-state index in [9.17, 15) is 0 Å². The lowest BCUT2D eigenvalue weighted by Gasteiger charge is -2.33. The molecule has 0 fully saturated rings. The van der Waals surface area contributed by atoms with Crippen LogP contribution < -0.4 is 0 Å². The van der Waals surface area contributed by atoms with Crippen LogP contribution in [0.1, 0.15) is 22.3 Å². The highest BCUT2D eigenvalue weighted by molar-refractivity contribution is 6.07. The summed E-state index contributed by atoms with van der Waals surface area (Å²) in [6.45, 7) is 4.40. The largest absolute Gasteiger partial charge is 0.309 e. The van der Waals surface area contributed by atoms with Crippen molar-refractivity contribution in [3.05, 3.63) is 119 Å². The summed E-state index contributed by atoms with van der Waals surface area (Å²) in [5.41, 5.74) is 8.93. The maximum atomic E-state index is 2.40. The van der Waals surface area contributed by atoms with Crippen LogP contribution in [0.5, 0.6) is 0 Å². The second-order valence-electron chi connectivity index (χ2n) is 9.38. The van der Waals surface area contributed by atoms with E-state index >= 15 is 0 Å². The van der Waals surface area contributed by atoms with Gasteiger partial charge in [0.05, 0.1) is 0 Å². The van der Waals surface area contributed by atoms with Gasteiger partial charge in [-0.2, -0.15) is 0 Å². The van der Waals surface area contributed by atoms with E-state index in [1.54, 1.807) is 0 Å². The predicted octanol–water partition coefficient (Wildman–Crippen LogP) is 7.20. The van der Waals surface area contributed by atoms with Crippen molar-refractivity contribution in [1.29, 1.82) is 0 Å². The van der Waals surface area contributed by atoms with Gasteiger partial charge < -0.3 is 4.48 Å². The molecule has 7 rings (SSSR count). The average Bonchev–Trinajstić information content (AvgIpc) is 3.09. The van der Waals surface area contributed by atoms with Gasteiger partial charge in [0.1, 0.15) is 26.2 Å². The topological polar surface area (TPSA) is 0 Å². The Morgan fingerprint density at radius 2 is 0.806 bits per heavy atom. The zero-order valence-electron chi connectivity index (χ0n) is 17.5. The molecule has 2 aliphatic rings. The molecule has 0 aliphatic carbocycles. The van der Waals surface area contributed by atoms with Gasteiger partial charge in [0.15, 0.2) is 0 Å². The predicted molar refractivity (Wildman–Crippen MR) is 128 cm³/mol. The highest BCUT2D eigenvalue weighted by Crippen LogP contribution is 2.46. The standard InChI is InChI=1S/C30H24N/c1-2-10-24-18-31(17-23(24)9-1)19-25-15-13-21-7-3-5-11-27(21)29(25)30-26(20-31)16-14-22-8-4-6-12-28(22)30/h1-16H,17-20H2/q+1. The minimum absolute atomic E-state index is 1.08. The smallest absolute Gasteiger partial charge is 0.106 e. The Morgan fingerprint density at radius 1 is 0.387 bits per heavy atom. The molecule has 1 nitrogen and oxygen atoms in total. The van der Waals surface area contributed by atoms with Gasteiger partial charge in [0, 0.05) is 22.3 Å². The van der Waals surface area contributed by atoms with E-state index < -0.39 is 0 Å². The van der Waals surface area contributed by atoms with E-state index in [2.05, 4.69) is 97.1 Å². The summed E-state index contributed by atoms with van der Waals surface area (Å²) in [5.74, 6) is 0. The summed E-state index contributed by atoms with van der Waals surface area (Å²) < 4.78 is 1.09. The van der Waals surface area contributed by atoms with Crippen LogP contribution in [0.3, 0.4) is 0 Å². The fourth-order valence-corrected chi connectivity index (χ4v) is 6.13. The summed E-state index contributed by atoms with van der Waals surface area (Å²) >= 11 is 0. The second kappa shape index (κ2) is 6.29. The van der Waals surface area contributed by atoms with E-state index in [1.807, 2.05) is 0 Å². The maximum absolute atomic E-state index is 2.40. The first-order valence-electron chi connectivity index (χ1n) is 11.2. The van der Waals surface area contributed by atoms with Gasteiger partial charge in [-0.3, -0.25) is 0 Å². The molecule has 0 amide bonds. The van der Waals surface area contributed by atoms with Crippen LogP contribution >= 0.6 is 0 Å². The Labute approximate surface area is 182 Å². The van der Waals surface area contributed by atoms with Gasteiger partial charge in [0.2, 0.25) is 0 Å². The minimum atomic E-state index is 1.08. The zero-order chi connectivity index (χ0) is 20.4. The fraction of sp³-hybridized carbons (Fsp3) is 0.133. The van der Waals surface area contributed by atoms with Crippen molar-refractivity contribution in [2.24, 2.45) is 0 Å². The molecule has 0 saturated heterocycles. The Hall–Kier alpha value is -3.42. The number of nitrogens with zero attached hydrogens (tertiary/aromatic N) is 1. The SMILES string of the molecule is c1ccc2c(c1)C[N+]1(C2)Cc2ccc3ccccc3c2-c2c(ccc3ccccc23)C1. The van der Waals surface area contributed by atoms with Crippen molar-refractivity contribution < 1.29 is 4.48 Å². The number of hydrogen-bond donors (Lipinski definition) is 0. The number of quaternary nitrogens is 1. The summed E-state index contributed by atoms with van der Waals surface area (Å²) in [6, 6.07) is 36.3. The molecule has 0 aromatic heterocycles. The first-order chi connectivity index (χ1) is 15.3. The third-order valence-corrected chi connectivity index (χ3v) is 7.42. The summed E-state index contributed by atoms with van der Waals surface area (Å²) in [4.78, 5) is 0. The normalized spacial score (nSPS) is 16.1. The molecule has 0 unspecified atom stereocenters. The van der Waals surface area contributed by atoms with Crippen molar-refractivity contribution in [2.45, 2.75) is 26.2 Å². The molecule has 0 atom stereocenters. The van der Waals surface area contributed by atoms with Gasteiger partial charge in [0.25, 0.3) is 0 Å². The van der Waals surface area contributed by atoms with E-state index in [0.717, 1.165) is 30.7 Å². The summed E-state index contributed by atoms with van der Waals surface area (Å²) in [6.07, 6.45) is 0. The van der Waals surface area contributed by atoms with Crippen LogP contribution in [0.4, 0.5) is 0 Å². The average molecular weight is 399 g/mol. The monoisotopic (exact) mass is 398 g/mol. The number of benzene rings is 5. The molecule has 2 heterocycles. The number of fused-ring (bicyclic) bond motifs is 8. The fourth-order valence-electron chi connectivity index (χ4n) is 6.13. The van der Waals surface area contributed by atoms with E-state index in [-0.39, 0.29) is 0 Å². The Morgan fingerprint density at radius 3 is 1.32 bits per heavy atom. The number of rotatable bonds is 0. The molecule has 0 radical (unpaired) electrons. The lowest BCUT2D eigenvalue weighted by molar-refractivity contribution is -0.972. The lowest BCUT2D eigenvalue weighted by Crippen LogP contribution is -2.40. The molecule has 0 bridgehead atoms. The van der Waals surface area contributed by atoms with Gasteiger partial charge in [-0.15, -0.1) is 0 Å². The first kappa shape index (κ1) is 17.3. The van der Waals surface area contributed by atoms with Crippen LogP contribution in [0.25, 0.3) is 32.7 Å². The van der Waals surface area contributed by atoms with Crippen molar-refractivity contribution in [2.75, 3.05) is 0 Å². The molecule has 1 spiro atoms. The van der Waals surface area contributed by atoms with Crippen molar-refractivity contribution >= 4 is 21.5 Å². The van der Waals surface area contributed by atoms with Crippen molar-refractivity contribution in [3.8, 4) is 11.1 Å². The highest BCUT2D eigenvalue weighted by Gasteiger charge is 2.39. The van der Waals surface area contributed by atoms with E-state index in [1.165, 1.54) is 54.9 Å². The first-order valence-corrected chi connectivity index (χ1v) is 11.2. The molecule has 0 saturated carbocycles. The van der Waals surface area contributed by atoms with E-state index in [0.29, 0.717) is 0 Å². The molecule has 2 aliphatic heterocycles. The van der Waals surface area contributed by atoms with Crippen molar-refractivity contribution in [3.63, 3.8) is 0 Å². The number of hydrogen-bond acceptors (Lipinski definition) is 0. The molecule has 31 heavy (non-hydrogen) atoms. The molecular formula is C30H24N+. The van der Waals surface area contributed by atoms with Crippen LogP contribution in [0.15, 0.2) is 97.1 Å². The van der Waals surface area contributed by atoms with Gasteiger partial charge >= 0.3 is 0 Å². The highest BCUT2D eigenvalue weighted by atomic mass is 15.4. The quantitative estimate of drug-likeness (QED) is 0.242. The molecule has 0 N–H and O–H groups in total. The summed E-state index contributed by atoms with van der Waals surface area (Å²) in [5, 5.41) is 5.43. The Balaban J connectivity index is 1.56. The van der Waals surface area contributed by atoms with Crippen molar-refractivity contribution in [1.82, 2.24) is 0 Å². The van der Waals surface area contributed by atoms with Gasteiger partial charge in [-0.25, -0.2) is 0 Å². The van der Waals surface area contributed by atoms with Crippen LogP contribution in [0, 0.1) is 0 Å². The molecular weight excluding hydrogens is 374 g/mol. The van der Waals surface area contributed by atoms with Gasteiger partial charge in [-0.05, 0) is 32.7 Å². The third-order valence-electron chi connectivity index (χ3n) is 7.42. The van der Waals surface area contributed by atoms with E-state index in [4.69, 9.17) is 0 Å². The van der Waals surface area contributed by atoms with Crippen LogP contribution in [-0.2, 0) is 26.2 Å². The van der Waals surface area contributed by atoms with Crippen LogP contribution in [0.2, 0.25) is 0 Å². The lowest BCUT2D eigenvalue weighted by atomic mass is 9.88. The minimum Gasteiger partial charge on any atom is -0.309 e. The van der Waals surface area contributed by atoms with Crippen LogP contribution in [-0.4, -0.2) is 4.48 Å². The van der Waals surface area contributed by atoms with Gasteiger partial charge in [-0.1, -0.05) is 97.1 Å². The second-order valence-corrected chi connectivity index (χ2v) is 9.38. The third kappa shape index (κ3) is 2.54. The maximum Gasteiger partial charge on any atom is 0.106 e. The summed E-state index contributed by atoms with van der Waals surface area (Å²) in [7, 11) is 0. The molecule has 148 valence electrons. The molecule has 5 aromatic rings. The Bertz CT molecular complexity index is 1380. The zero-order valence-corrected chi connectivity index (χ0v) is 17.5.